The van der Waals surface area contributed by atoms with Gasteiger partial charge < -0.3 is 10.4 Å². The van der Waals surface area contributed by atoms with Crippen LogP contribution >= 0.6 is 0 Å². The molecule has 6 heteroatoms. The Morgan fingerprint density at radius 1 is 1.65 bits per heavy atom. The molecule has 6 nitrogen and oxygen atoms in total. The number of carbonyl (C=O) groups is 1. The van der Waals surface area contributed by atoms with Crippen molar-refractivity contribution in [2.75, 3.05) is 18.4 Å². The summed E-state index contributed by atoms with van der Waals surface area (Å²) in [7, 11) is 0. The number of nitrogens with zero attached hydrogens (tertiary/aromatic N) is 3. The lowest BCUT2D eigenvalue weighted by molar-refractivity contribution is -0.139. The van der Waals surface area contributed by atoms with Gasteiger partial charge in [-0.1, -0.05) is 6.92 Å². The van der Waals surface area contributed by atoms with Crippen LogP contribution in [0.5, 0.6) is 0 Å². The van der Waals surface area contributed by atoms with Crippen LogP contribution in [0.25, 0.3) is 0 Å². The molecular formula is C14H18N4O2. The molecule has 1 saturated carbocycles. The van der Waals surface area contributed by atoms with Gasteiger partial charge in [0.1, 0.15) is 11.8 Å². The topological polar surface area (TPSA) is 89.2 Å². The summed E-state index contributed by atoms with van der Waals surface area (Å²) < 4.78 is 0. The van der Waals surface area contributed by atoms with E-state index in [0.29, 0.717) is 17.8 Å². The Bertz CT molecular complexity index is 520. The van der Waals surface area contributed by atoms with Gasteiger partial charge in [0.2, 0.25) is 0 Å². The van der Waals surface area contributed by atoms with Gasteiger partial charge in [-0.15, -0.1) is 0 Å². The van der Waals surface area contributed by atoms with Crippen LogP contribution in [-0.4, -0.2) is 46.1 Å². The molecule has 0 aliphatic heterocycles. The van der Waals surface area contributed by atoms with Crippen molar-refractivity contribution in [2.45, 2.75) is 31.8 Å². The lowest BCUT2D eigenvalue weighted by Crippen LogP contribution is -2.51. The summed E-state index contributed by atoms with van der Waals surface area (Å²) in [6.07, 6.45) is 3.45. The van der Waals surface area contributed by atoms with Gasteiger partial charge in [0, 0.05) is 24.0 Å². The van der Waals surface area contributed by atoms with Crippen LogP contribution < -0.4 is 5.32 Å². The van der Waals surface area contributed by atoms with Crippen molar-refractivity contribution >= 4 is 11.7 Å². The molecule has 2 rings (SSSR count). The second-order valence-corrected chi connectivity index (χ2v) is 4.96. The van der Waals surface area contributed by atoms with Crippen LogP contribution in [0, 0.1) is 11.3 Å². The maximum atomic E-state index is 10.8. The fraction of sp³-hybridized carbons (Fsp3) is 0.500. The smallest absolute Gasteiger partial charge is 0.317 e. The molecule has 1 aromatic rings. The molecule has 0 spiro atoms. The summed E-state index contributed by atoms with van der Waals surface area (Å²) in [6, 6.07) is 6.23. The first-order valence-corrected chi connectivity index (χ1v) is 6.71. The number of aliphatic carboxylic acids is 1. The fourth-order valence-corrected chi connectivity index (χ4v) is 2.49. The summed E-state index contributed by atoms with van der Waals surface area (Å²) in [5.41, 5.74) is 1.29. The first-order chi connectivity index (χ1) is 9.62. The van der Waals surface area contributed by atoms with E-state index in [1.165, 1.54) is 0 Å². The first-order valence-electron chi connectivity index (χ1n) is 6.71. The molecule has 0 aromatic carbocycles. The van der Waals surface area contributed by atoms with Crippen LogP contribution in [-0.2, 0) is 4.79 Å². The van der Waals surface area contributed by atoms with E-state index in [0.717, 1.165) is 25.1 Å². The van der Waals surface area contributed by atoms with E-state index >= 15 is 0 Å². The lowest BCUT2D eigenvalue weighted by Gasteiger charge is -2.42. The molecule has 1 aliphatic rings. The average molecular weight is 274 g/mol. The summed E-state index contributed by atoms with van der Waals surface area (Å²) in [6.45, 7) is 2.82. The quantitative estimate of drug-likeness (QED) is 0.812. The molecule has 0 radical (unpaired) electrons. The molecule has 0 bridgehead atoms. The number of carboxylic acid groups (broad SMARTS) is 1. The predicted octanol–water partition coefficient (Wildman–Crippen LogP) is 1.30. The normalized spacial score (nSPS) is 21.1. The Hall–Kier alpha value is -2.13. The van der Waals surface area contributed by atoms with Gasteiger partial charge in [-0.2, -0.15) is 5.26 Å². The van der Waals surface area contributed by atoms with Gasteiger partial charge in [0.25, 0.3) is 0 Å². The van der Waals surface area contributed by atoms with Crippen LogP contribution in [0.15, 0.2) is 18.3 Å². The Balaban J connectivity index is 1.84. The summed E-state index contributed by atoms with van der Waals surface area (Å²) >= 11 is 0. The molecule has 0 amide bonds. The molecule has 2 N–H and O–H groups in total. The Morgan fingerprint density at radius 3 is 3.00 bits per heavy atom. The van der Waals surface area contributed by atoms with E-state index in [9.17, 15) is 4.79 Å². The number of pyridine rings is 1. The van der Waals surface area contributed by atoms with E-state index in [2.05, 4.69) is 10.3 Å². The largest absolute Gasteiger partial charge is 0.480 e. The van der Waals surface area contributed by atoms with Crippen molar-refractivity contribution in [1.82, 2.24) is 9.88 Å². The fourth-order valence-electron chi connectivity index (χ4n) is 2.49. The van der Waals surface area contributed by atoms with Crippen molar-refractivity contribution in [3.63, 3.8) is 0 Å². The van der Waals surface area contributed by atoms with Crippen molar-refractivity contribution in [3.05, 3.63) is 24.0 Å². The van der Waals surface area contributed by atoms with Crippen LogP contribution in [0.1, 0.15) is 25.5 Å². The summed E-state index contributed by atoms with van der Waals surface area (Å²) in [4.78, 5) is 16.7. The minimum atomic E-state index is -0.781. The second kappa shape index (κ2) is 6.35. The molecule has 0 unspecified atom stereocenters. The molecule has 20 heavy (non-hydrogen) atoms. The number of nitriles is 1. The lowest BCUT2D eigenvalue weighted by atomic mass is 9.85. The van der Waals surface area contributed by atoms with Gasteiger partial charge in [0.15, 0.2) is 0 Å². The van der Waals surface area contributed by atoms with Crippen molar-refractivity contribution < 1.29 is 9.90 Å². The molecule has 0 atom stereocenters. The van der Waals surface area contributed by atoms with E-state index in [1.807, 2.05) is 24.0 Å². The number of nitrogens with one attached hydrogen (secondary N) is 1. The zero-order valence-electron chi connectivity index (χ0n) is 11.4. The second-order valence-electron chi connectivity index (χ2n) is 4.96. The number of hydrogen-bond donors (Lipinski definition) is 2. The molecule has 1 heterocycles. The van der Waals surface area contributed by atoms with E-state index in [4.69, 9.17) is 10.4 Å². The Labute approximate surface area is 118 Å². The van der Waals surface area contributed by atoms with E-state index < -0.39 is 5.97 Å². The third kappa shape index (κ3) is 3.45. The van der Waals surface area contributed by atoms with Gasteiger partial charge in [-0.05, 0) is 31.5 Å². The van der Waals surface area contributed by atoms with Crippen LogP contribution in [0.3, 0.4) is 0 Å². The number of carboxylic acids is 1. The zero-order chi connectivity index (χ0) is 14.5. The van der Waals surface area contributed by atoms with Crippen molar-refractivity contribution in [3.8, 4) is 6.07 Å². The molecular weight excluding hydrogens is 256 g/mol. The number of rotatable bonds is 6. The number of aromatic nitrogens is 1. The minimum absolute atomic E-state index is 0.0989. The highest BCUT2D eigenvalue weighted by atomic mass is 16.4. The Morgan fingerprint density at radius 2 is 2.40 bits per heavy atom. The van der Waals surface area contributed by atoms with Crippen LogP contribution in [0.2, 0.25) is 0 Å². The number of anilines is 1. The molecule has 1 aromatic heterocycles. The van der Waals surface area contributed by atoms with Gasteiger partial charge in [0.05, 0.1) is 6.54 Å². The first kappa shape index (κ1) is 14.3. The monoisotopic (exact) mass is 274 g/mol. The standard InChI is InChI=1S/C14H18N4O2/c1-2-18(9-14(19)20)13-6-11(7-13)17-10-3-4-16-12(5-10)8-15/h3-5,11,13H,2,6-7,9H2,1H3,(H,16,17)(H,19,20). The third-order valence-electron chi connectivity index (χ3n) is 3.62. The highest BCUT2D eigenvalue weighted by Crippen LogP contribution is 2.28. The van der Waals surface area contributed by atoms with Crippen molar-refractivity contribution in [1.29, 1.82) is 5.26 Å². The number of likely N-dealkylation sites (N-methyl/N-ethyl adjacent to an activating group) is 1. The molecule has 1 aliphatic carbocycles. The van der Waals surface area contributed by atoms with Gasteiger partial charge in [-0.25, -0.2) is 4.98 Å². The van der Waals surface area contributed by atoms with E-state index in [1.54, 1.807) is 12.3 Å². The average Bonchev–Trinajstić information content (AvgIpc) is 2.40. The zero-order valence-corrected chi connectivity index (χ0v) is 11.4. The maximum Gasteiger partial charge on any atom is 0.317 e. The van der Waals surface area contributed by atoms with Crippen LogP contribution in [0.4, 0.5) is 5.69 Å². The highest BCUT2D eigenvalue weighted by molar-refractivity contribution is 5.69. The van der Waals surface area contributed by atoms with Gasteiger partial charge in [-0.3, -0.25) is 9.69 Å². The summed E-state index contributed by atoms with van der Waals surface area (Å²) in [5, 5.41) is 21.0. The maximum absolute atomic E-state index is 10.8. The highest BCUT2D eigenvalue weighted by Gasteiger charge is 2.33. The summed E-state index contributed by atoms with van der Waals surface area (Å²) in [5.74, 6) is -0.781. The SMILES string of the molecule is CCN(CC(=O)O)C1CC(Nc2ccnc(C#N)c2)C1. The van der Waals surface area contributed by atoms with Crippen molar-refractivity contribution in [2.24, 2.45) is 0 Å². The predicted molar refractivity (Wildman–Crippen MR) is 74.3 cm³/mol. The number of hydrogen-bond acceptors (Lipinski definition) is 5. The molecule has 0 saturated heterocycles. The third-order valence-corrected chi connectivity index (χ3v) is 3.62. The minimum Gasteiger partial charge on any atom is -0.480 e. The molecule has 106 valence electrons. The van der Waals surface area contributed by atoms with Gasteiger partial charge >= 0.3 is 5.97 Å². The molecule has 1 fully saturated rings. The van der Waals surface area contributed by atoms with E-state index in [-0.39, 0.29) is 6.54 Å². The Kier molecular flexibility index (Phi) is 4.53.